The fourth-order valence-corrected chi connectivity index (χ4v) is 9.19. The lowest BCUT2D eigenvalue weighted by Crippen LogP contribution is -2.48. The molecule has 3 aromatic carbocycles. The predicted molar refractivity (Wildman–Crippen MR) is 210 cm³/mol. The number of aryl methyl sites for hydroxylation is 3. The molecule has 2 aromatic heterocycles. The fourth-order valence-electron chi connectivity index (χ4n) is 7.58. The van der Waals surface area contributed by atoms with E-state index in [-0.39, 0.29) is 24.5 Å². The van der Waals surface area contributed by atoms with E-state index in [0.717, 1.165) is 38.9 Å². The van der Waals surface area contributed by atoms with Gasteiger partial charge in [-0.2, -0.15) is 4.31 Å². The first kappa shape index (κ1) is 37.7. The van der Waals surface area contributed by atoms with Crippen LogP contribution >= 0.6 is 10.8 Å². The number of carbonyl (C=O) groups is 1. The number of benzene rings is 3. The van der Waals surface area contributed by atoms with Gasteiger partial charge >= 0.3 is 0 Å². The Morgan fingerprint density at radius 3 is 2.50 bits per heavy atom. The molecule has 5 aromatic rings. The molecule has 0 aliphatic carbocycles. The summed E-state index contributed by atoms with van der Waals surface area (Å²) in [6.45, 7) is 16.2. The number of rotatable bonds is 10. The van der Waals surface area contributed by atoms with E-state index in [1.807, 2.05) is 56.3 Å². The van der Waals surface area contributed by atoms with E-state index in [1.165, 1.54) is 0 Å². The van der Waals surface area contributed by atoms with E-state index in [4.69, 9.17) is 9.47 Å². The molecule has 0 unspecified atom stereocenters. The molecule has 0 spiro atoms. The number of morpholine rings is 1. The normalized spacial score (nSPS) is 18.7. The maximum atomic E-state index is 14.0. The van der Waals surface area contributed by atoms with Crippen LogP contribution in [0.25, 0.3) is 11.0 Å². The molecule has 1 saturated heterocycles. The molecule has 0 saturated carbocycles. The van der Waals surface area contributed by atoms with E-state index >= 15 is 0 Å². The van der Waals surface area contributed by atoms with Crippen molar-refractivity contribution in [2.24, 2.45) is 0 Å². The Balaban J connectivity index is 1.26. The van der Waals surface area contributed by atoms with E-state index in [1.54, 1.807) is 34.9 Å². The van der Waals surface area contributed by atoms with Crippen molar-refractivity contribution in [3.05, 3.63) is 100 Å². The summed E-state index contributed by atoms with van der Waals surface area (Å²) in [5, 5.41) is 12.3. The van der Waals surface area contributed by atoms with Crippen LogP contribution < -0.4 is 15.0 Å². The second kappa shape index (κ2) is 15.3. The van der Waals surface area contributed by atoms with Gasteiger partial charge in [0.1, 0.15) is 22.3 Å². The van der Waals surface area contributed by atoms with Gasteiger partial charge in [-0.15, -0.1) is 15.9 Å². The first-order chi connectivity index (χ1) is 25.9. The molecule has 4 heterocycles. The molecule has 54 heavy (non-hydrogen) atoms. The van der Waals surface area contributed by atoms with E-state index in [0.29, 0.717) is 68.0 Å². The van der Waals surface area contributed by atoms with Gasteiger partial charge in [0.2, 0.25) is 5.95 Å². The van der Waals surface area contributed by atoms with Crippen molar-refractivity contribution < 1.29 is 23.4 Å². The minimum atomic E-state index is -3.37. The number of ether oxygens (including phenoxy) is 2. The van der Waals surface area contributed by atoms with Crippen LogP contribution in [0.5, 0.6) is 5.75 Å². The van der Waals surface area contributed by atoms with Crippen LogP contribution in [0.1, 0.15) is 78.2 Å². The number of hydrogen-bond donors (Lipinski definition) is 3. The van der Waals surface area contributed by atoms with E-state index in [9.17, 15) is 13.9 Å². The van der Waals surface area contributed by atoms with E-state index in [2.05, 4.69) is 56.8 Å². The summed E-state index contributed by atoms with van der Waals surface area (Å²) in [6.07, 6.45) is 3.64. The average Bonchev–Trinajstić information content (AvgIpc) is 3.56. The Bertz CT molecular complexity index is 2130. The third-order valence-corrected chi connectivity index (χ3v) is 12.6. The molecule has 14 heteroatoms. The van der Waals surface area contributed by atoms with Crippen LogP contribution in [0.4, 0.5) is 5.95 Å². The molecule has 0 bridgehead atoms. The standard InChI is InChI=1S/C40H50N8O5S/c1-7-31-25-47(54(50,51)35-12-10-9-11-34(35)53-31)24-29-21-28(14-13-26(29)3)36(32-15-16-33-37(27(32)4)44-45-48(33)8-2)40(5,6)43-38(49)30-22-41-39(42-23-30)46-17-19-52-20-18-46/h9-16,21-23,31,36,50-51H,7-8,17-20,24-25H2,1-6H3,(H,43,49)/t31-,36+/m1/s1. The molecule has 13 nitrogen and oxygen atoms in total. The lowest BCUT2D eigenvalue weighted by atomic mass is 9.74. The molecule has 286 valence electrons. The molecule has 0 radical (unpaired) electrons. The lowest BCUT2D eigenvalue weighted by molar-refractivity contribution is 0.0905. The topological polar surface area (TPSA) is 151 Å². The van der Waals surface area contributed by atoms with Gasteiger partial charge in [-0.3, -0.25) is 13.9 Å². The number of anilines is 1. The number of carbonyl (C=O) groups excluding carboxylic acids is 1. The zero-order valence-electron chi connectivity index (χ0n) is 31.8. The lowest BCUT2D eigenvalue weighted by Gasteiger charge is -2.42. The van der Waals surface area contributed by atoms with Gasteiger partial charge in [0, 0.05) is 50.0 Å². The SMILES string of the molecule is CC[C@@H]1CN(Cc2cc([C@@H](c3ccc4c(nnn4CC)c3C)C(C)(C)NC(=O)c3cnc(N4CCOCC4)nc3)ccc2C)S(O)(O)c2ccccc2O1. The van der Waals surface area contributed by atoms with Crippen molar-refractivity contribution in [2.75, 3.05) is 37.7 Å². The van der Waals surface area contributed by atoms with Gasteiger partial charge in [-0.25, -0.2) is 14.6 Å². The second-order valence-corrected chi connectivity index (χ2v) is 16.6. The molecule has 2 atom stereocenters. The highest BCUT2D eigenvalue weighted by Gasteiger charge is 2.38. The molecule has 7 rings (SSSR count). The van der Waals surface area contributed by atoms with E-state index < -0.39 is 16.3 Å². The van der Waals surface area contributed by atoms with Gasteiger partial charge < -0.3 is 19.7 Å². The molecule has 1 fully saturated rings. The third kappa shape index (κ3) is 7.28. The van der Waals surface area contributed by atoms with Crippen molar-refractivity contribution in [1.82, 2.24) is 34.6 Å². The van der Waals surface area contributed by atoms with Crippen LogP contribution in [-0.2, 0) is 17.8 Å². The Kier molecular flexibility index (Phi) is 10.7. The summed E-state index contributed by atoms with van der Waals surface area (Å²) in [7, 11) is -3.37. The highest BCUT2D eigenvalue weighted by atomic mass is 32.3. The Morgan fingerprint density at radius 1 is 1.04 bits per heavy atom. The number of fused-ring (bicyclic) bond motifs is 2. The molecule has 1 amide bonds. The van der Waals surface area contributed by atoms with Gasteiger partial charge in [-0.05, 0) is 87.1 Å². The van der Waals surface area contributed by atoms with Crippen molar-refractivity contribution in [3.8, 4) is 5.75 Å². The van der Waals surface area contributed by atoms with Crippen molar-refractivity contribution in [3.63, 3.8) is 0 Å². The fraction of sp³-hybridized carbons (Fsp3) is 0.425. The van der Waals surface area contributed by atoms with Crippen LogP contribution in [0.15, 0.2) is 71.9 Å². The van der Waals surface area contributed by atoms with Crippen molar-refractivity contribution >= 4 is 33.7 Å². The first-order valence-electron chi connectivity index (χ1n) is 18.6. The summed E-state index contributed by atoms with van der Waals surface area (Å²) in [6, 6.07) is 17.6. The zero-order valence-corrected chi connectivity index (χ0v) is 32.6. The number of hydrogen-bond acceptors (Lipinski definition) is 11. The van der Waals surface area contributed by atoms with Crippen molar-refractivity contribution in [2.45, 2.75) is 83.5 Å². The predicted octanol–water partition coefficient (Wildman–Crippen LogP) is 6.73. The monoisotopic (exact) mass is 754 g/mol. The highest BCUT2D eigenvalue weighted by Crippen LogP contribution is 2.57. The summed E-state index contributed by atoms with van der Waals surface area (Å²) in [5.74, 6) is 0.443. The summed E-state index contributed by atoms with van der Waals surface area (Å²) >= 11 is 0. The maximum Gasteiger partial charge on any atom is 0.254 e. The van der Waals surface area contributed by atoms with Crippen LogP contribution in [0.2, 0.25) is 0 Å². The quantitative estimate of drug-likeness (QED) is 0.139. The smallest absolute Gasteiger partial charge is 0.254 e. The van der Waals surface area contributed by atoms with Gasteiger partial charge in [-0.1, -0.05) is 48.5 Å². The van der Waals surface area contributed by atoms with Gasteiger partial charge in [0.05, 0.1) is 30.8 Å². The van der Waals surface area contributed by atoms with Gasteiger partial charge in [0.15, 0.2) is 0 Å². The summed E-state index contributed by atoms with van der Waals surface area (Å²) in [5.41, 5.74) is 6.16. The summed E-state index contributed by atoms with van der Waals surface area (Å²) < 4.78 is 38.9. The molecular weight excluding hydrogens is 705 g/mol. The third-order valence-electron chi connectivity index (χ3n) is 10.7. The Hall–Kier alpha value is -4.60. The maximum absolute atomic E-state index is 14.0. The van der Waals surface area contributed by atoms with Crippen LogP contribution in [-0.4, -0.2) is 88.8 Å². The molecule has 2 aliphatic rings. The van der Waals surface area contributed by atoms with Crippen LogP contribution in [0, 0.1) is 13.8 Å². The number of aromatic nitrogens is 5. The minimum absolute atomic E-state index is 0.219. The molecular formula is C40H50N8O5S. The Morgan fingerprint density at radius 2 is 1.78 bits per heavy atom. The van der Waals surface area contributed by atoms with Crippen molar-refractivity contribution in [1.29, 1.82) is 0 Å². The summed E-state index contributed by atoms with van der Waals surface area (Å²) in [4.78, 5) is 25.5. The minimum Gasteiger partial charge on any atom is -0.487 e. The zero-order chi connectivity index (χ0) is 38.2. The first-order valence-corrected chi connectivity index (χ1v) is 20.1. The number of amides is 1. The average molecular weight is 755 g/mol. The molecule has 3 N–H and O–H groups in total. The highest BCUT2D eigenvalue weighted by molar-refractivity contribution is 8.22. The number of para-hydroxylation sites is 1. The molecule has 2 aliphatic heterocycles. The number of nitrogens with zero attached hydrogens (tertiary/aromatic N) is 7. The largest absolute Gasteiger partial charge is 0.487 e. The number of nitrogens with one attached hydrogen (secondary N) is 1. The second-order valence-electron chi connectivity index (χ2n) is 14.7. The Labute approximate surface area is 318 Å². The van der Waals surface area contributed by atoms with Gasteiger partial charge in [0.25, 0.3) is 5.91 Å². The van der Waals surface area contributed by atoms with Crippen LogP contribution in [0.3, 0.4) is 0 Å².